The van der Waals surface area contributed by atoms with Gasteiger partial charge >= 0.3 is 0 Å². The Hall–Kier alpha value is -0.970. The zero-order chi connectivity index (χ0) is 13.7. The molecule has 19 heavy (non-hydrogen) atoms. The minimum absolute atomic E-state index is 0.0653. The number of carbonyl (C=O) groups is 1. The van der Waals surface area contributed by atoms with E-state index in [1.54, 1.807) is 0 Å². The fourth-order valence-electron chi connectivity index (χ4n) is 2.58. The van der Waals surface area contributed by atoms with Crippen LogP contribution in [-0.2, 0) is 0 Å². The Bertz CT molecular complexity index is 447. The van der Waals surface area contributed by atoms with Crippen molar-refractivity contribution in [3.8, 4) is 0 Å². The van der Waals surface area contributed by atoms with Crippen LogP contribution in [0.25, 0.3) is 0 Å². The summed E-state index contributed by atoms with van der Waals surface area (Å²) in [4.78, 5) is 15.6. The molecule has 1 heterocycles. The lowest BCUT2D eigenvalue weighted by Gasteiger charge is -2.35. The highest BCUT2D eigenvalue weighted by Gasteiger charge is 2.31. The maximum atomic E-state index is 13.5. The quantitative estimate of drug-likeness (QED) is 0.861. The smallest absolute Gasteiger partial charge is 0.254 e. The third-order valence-electron chi connectivity index (χ3n) is 3.84. The Balaban J connectivity index is 1.98. The van der Waals surface area contributed by atoms with Crippen LogP contribution < -0.4 is 5.32 Å². The molecule has 0 spiro atoms. The van der Waals surface area contributed by atoms with E-state index in [4.69, 9.17) is 0 Å². The van der Waals surface area contributed by atoms with Gasteiger partial charge in [-0.2, -0.15) is 0 Å². The van der Waals surface area contributed by atoms with E-state index < -0.39 is 5.82 Å². The monoisotopic (exact) mass is 328 g/mol. The number of rotatable bonds is 4. The van der Waals surface area contributed by atoms with Crippen molar-refractivity contribution in [2.24, 2.45) is 5.41 Å². The van der Waals surface area contributed by atoms with E-state index in [1.807, 2.05) is 0 Å². The van der Waals surface area contributed by atoms with Crippen LogP contribution in [0.1, 0.15) is 42.5 Å². The van der Waals surface area contributed by atoms with Crippen LogP contribution in [0.2, 0.25) is 0 Å². The molecule has 5 heteroatoms. The van der Waals surface area contributed by atoms with E-state index >= 15 is 0 Å². The standard InChI is InChI=1S/C14H18BrFN2O/c15-9-14(5-2-1-3-6-14)10-18-13(19)11-4-7-17-8-12(11)16/h4,7-8H,1-3,5-6,9-10H2,(H,18,19). The summed E-state index contributed by atoms with van der Waals surface area (Å²) >= 11 is 3.55. The van der Waals surface area contributed by atoms with Gasteiger partial charge in [0.25, 0.3) is 5.91 Å². The topological polar surface area (TPSA) is 42.0 Å². The van der Waals surface area contributed by atoms with Gasteiger partial charge in [-0.25, -0.2) is 4.39 Å². The molecule has 0 aromatic carbocycles. The lowest BCUT2D eigenvalue weighted by Crippen LogP contribution is -2.40. The van der Waals surface area contributed by atoms with Gasteiger partial charge in [-0.05, 0) is 24.3 Å². The Kier molecular flexibility index (Phi) is 4.91. The second-order valence-electron chi connectivity index (χ2n) is 5.23. The van der Waals surface area contributed by atoms with Crippen molar-refractivity contribution in [2.75, 3.05) is 11.9 Å². The lowest BCUT2D eigenvalue weighted by molar-refractivity contribution is 0.0917. The normalized spacial score (nSPS) is 18.0. The molecule has 0 unspecified atom stereocenters. The summed E-state index contributed by atoms with van der Waals surface area (Å²) in [5.41, 5.74) is 0.188. The second-order valence-corrected chi connectivity index (χ2v) is 5.79. The fraction of sp³-hybridized carbons (Fsp3) is 0.571. The Morgan fingerprint density at radius 3 is 2.79 bits per heavy atom. The molecule has 1 amide bonds. The number of nitrogens with zero attached hydrogens (tertiary/aromatic N) is 1. The molecule has 0 atom stereocenters. The van der Waals surface area contributed by atoms with Crippen LogP contribution in [-0.4, -0.2) is 22.8 Å². The zero-order valence-corrected chi connectivity index (χ0v) is 12.4. The molecular formula is C14H18BrFN2O. The van der Waals surface area contributed by atoms with Gasteiger partial charge in [-0.3, -0.25) is 9.78 Å². The Labute approximate surface area is 121 Å². The van der Waals surface area contributed by atoms with Gasteiger partial charge in [0.1, 0.15) is 0 Å². The average Bonchev–Trinajstić information content (AvgIpc) is 2.46. The number of alkyl halides is 1. The lowest BCUT2D eigenvalue weighted by atomic mass is 9.75. The molecule has 1 aliphatic rings. The van der Waals surface area contributed by atoms with E-state index in [0.29, 0.717) is 6.54 Å². The molecule has 0 radical (unpaired) electrons. The van der Waals surface area contributed by atoms with E-state index in [1.165, 1.54) is 31.5 Å². The first kappa shape index (κ1) is 14.4. The van der Waals surface area contributed by atoms with Crippen molar-refractivity contribution in [3.05, 3.63) is 29.8 Å². The Morgan fingerprint density at radius 2 is 2.16 bits per heavy atom. The van der Waals surface area contributed by atoms with Crippen molar-refractivity contribution in [1.82, 2.24) is 10.3 Å². The summed E-state index contributed by atoms with van der Waals surface area (Å²) in [6.07, 6.45) is 8.38. The van der Waals surface area contributed by atoms with Gasteiger partial charge < -0.3 is 5.32 Å². The SMILES string of the molecule is O=C(NCC1(CBr)CCCCC1)c1ccncc1F. The molecule has 0 saturated heterocycles. The molecule has 3 nitrogen and oxygen atoms in total. The van der Waals surface area contributed by atoms with Gasteiger partial charge in [0.15, 0.2) is 5.82 Å². The van der Waals surface area contributed by atoms with Crippen LogP contribution in [0, 0.1) is 11.2 Å². The van der Waals surface area contributed by atoms with Crippen molar-refractivity contribution in [1.29, 1.82) is 0 Å². The van der Waals surface area contributed by atoms with E-state index in [9.17, 15) is 9.18 Å². The molecule has 1 aromatic rings. The third-order valence-corrected chi connectivity index (χ3v) is 5.03. The van der Waals surface area contributed by atoms with E-state index in [2.05, 4.69) is 26.2 Å². The second kappa shape index (κ2) is 6.46. The number of halogens is 2. The average molecular weight is 329 g/mol. The highest BCUT2D eigenvalue weighted by atomic mass is 79.9. The zero-order valence-electron chi connectivity index (χ0n) is 10.8. The predicted molar refractivity (Wildman–Crippen MR) is 75.8 cm³/mol. The minimum atomic E-state index is -0.573. The number of aromatic nitrogens is 1. The van der Waals surface area contributed by atoms with Crippen molar-refractivity contribution >= 4 is 21.8 Å². The highest BCUT2D eigenvalue weighted by Crippen LogP contribution is 2.37. The van der Waals surface area contributed by atoms with Gasteiger partial charge in [0.05, 0.1) is 11.8 Å². The summed E-state index contributed by atoms with van der Waals surface area (Å²) < 4.78 is 13.5. The summed E-state index contributed by atoms with van der Waals surface area (Å²) in [5.74, 6) is -0.928. The molecule has 0 aliphatic heterocycles. The first-order valence-corrected chi connectivity index (χ1v) is 7.73. The molecule has 2 rings (SSSR count). The largest absolute Gasteiger partial charge is 0.351 e. The summed E-state index contributed by atoms with van der Waals surface area (Å²) in [6.45, 7) is 0.596. The van der Waals surface area contributed by atoms with Crippen molar-refractivity contribution < 1.29 is 9.18 Å². The van der Waals surface area contributed by atoms with Gasteiger partial charge in [-0.15, -0.1) is 0 Å². The molecule has 1 N–H and O–H groups in total. The van der Waals surface area contributed by atoms with E-state index in [0.717, 1.165) is 24.4 Å². The number of nitrogens with one attached hydrogen (secondary N) is 1. The maximum absolute atomic E-state index is 13.5. The van der Waals surface area contributed by atoms with Crippen LogP contribution >= 0.6 is 15.9 Å². The molecule has 1 saturated carbocycles. The summed E-state index contributed by atoms with van der Waals surface area (Å²) in [7, 11) is 0. The van der Waals surface area contributed by atoms with Crippen LogP contribution in [0.15, 0.2) is 18.5 Å². The van der Waals surface area contributed by atoms with Gasteiger partial charge in [0, 0.05) is 18.1 Å². The molecule has 1 fully saturated rings. The minimum Gasteiger partial charge on any atom is -0.351 e. The van der Waals surface area contributed by atoms with Crippen LogP contribution in [0.5, 0.6) is 0 Å². The predicted octanol–water partition coefficient (Wildman–Crippen LogP) is 3.30. The summed E-state index contributed by atoms with van der Waals surface area (Å²) in [5, 5.41) is 3.74. The summed E-state index contributed by atoms with van der Waals surface area (Å²) in [6, 6.07) is 1.41. The molecule has 0 bridgehead atoms. The Morgan fingerprint density at radius 1 is 1.42 bits per heavy atom. The first-order valence-electron chi connectivity index (χ1n) is 6.61. The van der Waals surface area contributed by atoms with Crippen molar-refractivity contribution in [3.63, 3.8) is 0 Å². The van der Waals surface area contributed by atoms with Crippen molar-refractivity contribution in [2.45, 2.75) is 32.1 Å². The number of carbonyl (C=O) groups excluding carboxylic acids is 1. The van der Waals surface area contributed by atoms with Gasteiger partial charge in [-0.1, -0.05) is 35.2 Å². The third kappa shape index (κ3) is 3.53. The van der Waals surface area contributed by atoms with Crippen LogP contribution in [0.3, 0.4) is 0 Å². The van der Waals surface area contributed by atoms with Crippen LogP contribution in [0.4, 0.5) is 4.39 Å². The number of amides is 1. The fourth-order valence-corrected chi connectivity index (χ4v) is 3.34. The number of pyridine rings is 1. The van der Waals surface area contributed by atoms with E-state index in [-0.39, 0.29) is 16.9 Å². The number of hydrogen-bond donors (Lipinski definition) is 1. The first-order chi connectivity index (χ1) is 9.17. The molecular weight excluding hydrogens is 311 g/mol. The maximum Gasteiger partial charge on any atom is 0.254 e. The number of hydrogen-bond acceptors (Lipinski definition) is 2. The highest BCUT2D eigenvalue weighted by molar-refractivity contribution is 9.09. The molecule has 104 valence electrons. The van der Waals surface area contributed by atoms with Gasteiger partial charge in [0.2, 0.25) is 0 Å². The molecule has 1 aromatic heterocycles. The molecule has 1 aliphatic carbocycles.